The number of nitrogens with zero attached hydrogens (tertiary/aromatic N) is 7. The summed E-state index contributed by atoms with van der Waals surface area (Å²) in [4.78, 5) is 39.5. The van der Waals surface area contributed by atoms with Crippen LogP contribution >= 0.6 is 0 Å². The van der Waals surface area contributed by atoms with Gasteiger partial charge >= 0.3 is 6.18 Å². The minimum atomic E-state index is -4.47. The van der Waals surface area contributed by atoms with Gasteiger partial charge in [-0.3, -0.25) is 14.7 Å². The number of imidazole rings is 1. The molecule has 2 saturated heterocycles. The molecular formula is C29H31F3N8O. The van der Waals surface area contributed by atoms with Crippen molar-refractivity contribution in [3.8, 4) is 11.3 Å². The number of aromatic amines is 1. The van der Waals surface area contributed by atoms with Gasteiger partial charge in [-0.1, -0.05) is 6.07 Å². The number of piperazine rings is 1. The van der Waals surface area contributed by atoms with Crippen LogP contribution in [0.15, 0.2) is 48.8 Å². The number of benzene rings is 1. The molecular weight excluding hydrogens is 533 g/mol. The minimum absolute atomic E-state index is 0.294. The number of pyridine rings is 1. The molecule has 9 nitrogen and oxygen atoms in total. The first kappa shape index (κ1) is 27.1. The van der Waals surface area contributed by atoms with Gasteiger partial charge in [-0.15, -0.1) is 0 Å². The van der Waals surface area contributed by atoms with E-state index in [-0.39, 0.29) is 0 Å². The lowest BCUT2D eigenvalue weighted by molar-refractivity contribution is -0.162. The number of nitrogens with one attached hydrogen (secondary N) is 1. The summed E-state index contributed by atoms with van der Waals surface area (Å²) in [6.45, 7) is 4.26. The number of halogens is 3. The molecule has 1 aromatic carbocycles. The van der Waals surface area contributed by atoms with E-state index in [2.05, 4.69) is 30.8 Å². The van der Waals surface area contributed by atoms with Crippen molar-refractivity contribution < 1.29 is 18.0 Å². The number of anilines is 1. The topological polar surface area (TPSA) is 94.1 Å². The third-order valence-electron chi connectivity index (χ3n) is 7.57. The monoisotopic (exact) mass is 564 g/mol. The summed E-state index contributed by atoms with van der Waals surface area (Å²) in [5.41, 5.74) is 5.59. The van der Waals surface area contributed by atoms with E-state index in [9.17, 15) is 18.0 Å². The standard InChI is InChI=1S/C29H31F3N8O/c30-29(31,32)18-27(41)39-13-11-38(12-14-39)19-20-5-7-33-22(15-20)17-26-35-24-4-3-21(16-25(24)36-26)23-6-8-34-28(37-23)40-9-1-2-10-40/h3-8,15-16H,1-2,9-14,17-19H2,(H,35,36). The highest BCUT2D eigenvalue weighted by atomic mass is 19.4. The molecule has 214 valence electrons. The van der Waals surface area contributed by atoms with Gasteiger partial charge < -0.3 is 14.8 Å². The first-order valence-electron chi connectivity index (χ1n) is 13.9. The number of H-pyrrole nitrogens is 1. The van der Waals surface area contributed by atoms with E-state index >= 15 is 0 Å². The Morgan fingerprint density at radius 3 is 2.46 bits per heavy atom. The van der Waals surface area contributed by atoms with Crippen LogP contribution in [0, 0.1) is 0 Å². The predicted octanol–water partition coefficient (Wildman–Crippen LogP) is 4.20. The van der Waals surface area contributed by atoms with Gasteiger partial charge in [-0.25, -0.2) is 15.0 Å². The van der Waals surface area contributed by atoms with Gasteiger partial charge in [0.15, 0.2) is 0 Å². The smallest absolute Gasteiger partial charge is 0.342 e. The Bertz CT molecular complexity index is 1520. The lowest BCUT2D eigenvalue weighted by atomic mass is 10.1. The number of hydrogen-bond donors (Lipinski definition) is 1. The predicted molar refractivity (Wildman–Crippen MR) is 148 cm³/mol. The maximum atomic E-state index is 12.6. The minimum Gasteiger partial charge on any atom is -0.342 e. The number of rotatable bonds is 7. The van der Waals surface area contributed by atoms with E-state index in [1.54, 1.807) is 6.20 Å². The second-order valence-electron chi connectivity index (χ2n) is 10.6. The highest BCUT2D eigenvalue weighted by Crippen LogP contribution is 2.25. The lowest BCUT2D eigenvalue weighted by Gasteiger charge is -2.35. The van der Waals surface area contributed by atoms with Crippen molar-refractivity contribution in [1.29, 1.82) is 0 Å². The van der Waals surface area contributed by atoms with Gasteiger partial charge in [0.25, 0.3) is 0 Å². The summed E-state index contributed by atoms with van der Waals surface area (Å²) < 4.78 is 37.7. The highest BCUT2D eigenvalue weighted by molar-refractivity contribution is 5.81. The maximum absolute atomic E-state index is 12.6. The van der Waals surface area contributed by atoms with Crippen LogP contribution in [0.4, 0.5) is 19.1 Å². The second kappa shape index (κ2) is 11.4. The Kier molecular flexibility index (Phi) is 7.57. The van der Waals surface area contributed by atoms with Gasteiger partial charge in [0, 0.05) is 75.9 Å². The normalized spacial score (nSPS) is 16.6. The third kappa shape index (κ3) is 6.64. The fourth-order valence-electron chi connectivity index (χ4n) is 5.48. The summed E-state index contributed by atoms with van der Waals surface area (Å²) in [5.74, 6) is 0.720. The zero-order chi connectivity index (χ0) is 28.4. The van der Waals surface area contributed by atoms with Crippen molar-refractivity contribution in [3.05, 3.63) is 65.9 Å². The van der Waals surface area contributed by atoms with E-state index < -0.39 is 18.5 Å². The van der Waals surface area contributed by atoms with Crippen molar-refractivity contribution in [3.63, 3.8) is 0 Å². The van der Waals surface area contributed by atoms with E-state index in [0.717, 1.165) is 58.4 Å². The quantitative estimate of drug-likeness (QED) is 0.360. The number of fused-ring (bicyclic) bond motifs is 1. The average molecular weight is 565 g/mol. The maximum Gasteiger partial charge on any atom is 0.397 e. The average Bonchev–Trinajstić information content (AvgIpc) is 3.63. The molecule has 0 unspecified atom stereocenters. The molecule has 0 radical (unpaired) electrons. The molecule has 1 N–H and O–H groups in total. The highest BCUT2D eigenvalue weighted by Gasteiger charge is 2.34. The molecule has 2 aliphatic heterocycles. The molecule has 12 heteroatoms. The lowest BCUT2D eigenvalue weighted by Crippen LogP contribution is -2.49. The van der Waals surface area contributed by atoms with Gasteiger partial charge in [0.1, 0.15) is 12.2 Å². The molecule has 0 aliphatic carbocycles. The molecule has 0 spiro atoms. The number of carbonyl (C=O) groups excluding carboxylic acids is 1. The molecule has 5 heterocycles. The van der Waals surface area contributed by atoms with Crippen LogP contribution in [-0.2, 0) is 17.8 Å². The molecule has 1 amide bonds. The third-order valence-corrected chi connectivity index (χ3v) is 7.57. The first-order chi connectivity index (χ1) is 19.8. The van der Waals surface area contributed by atoms with Gasteiger partial charge in [0.2, 0.25) is 11.9 Å². The first-order valence-corrected chi connectivity index (χ1v) is 13.9. The summed E-state index contributed by atoms with van der Waals surface area (Å²) in [7, 11) is 0. The molecule has 2 aliphatic rings. The zero-order valence-electron chi connectivity index (χ0n) is 22.6. The largest absolute Gasteiger partial charge is 0.397 e. The fraction of sp³-hybridized carbons (Fsp3) is 0.414. The van der Waals surface area contributed by atoms with Crippen molar-refractivity contribution in [2.75, 3.05) is 44.2 Å². The van der Waals surface area contributed by atoms with Crippen molar-refractivity contribution in [1.82, 2.24) is 34.7 Å². The number of carbonyl (C=O) groups is 1. The van der Waals surface area contributed by atoms with E-state index in [4.69, 9.17) is 9.97 Å². The SMILES string of the molecule is O=C(CC(F)(F)F)N1CCN(Cc2ccnc(Cc3nc4ccc(-c5ccnc(N6CCCC6)n5)cc4[nH]3)c2)CC1. The number of alkyl halides is 3. The van der Waals surface area contributed by atoms with Crippen LogP contribution < -0.4 is 4.90 Å². The molecule has 6 rings (SSSR count). The summed E-state index contributed by atoms with van der Waals surface area (Å²) >= 11 is 0. The number of amides is 1. The Hall–Kier alpha value is -4.06. The molecule has 2 fully saturated rings. The van der Waals surface area contributed by atoms with Gasteiger partial charge in [-0.2, -0.15) is 13.2 Å². The van der Waals surface area contributed by atoms with Gasteiger partial charge in [0.05, 0.1) is 16.7 Å². The van der Waals surface area contributed by atoms with E-state index in [1.165, 1.54) is 17.7 Å². The van der Waals surface area contributed by atoms with Crippen LogP contribution in [0.25, 0.3) is 22.3 Å². The zero-order valence-corrected chi connectivity index (χ0v) is 22.6. The van der Waals surface area contributed by atoms with Crippen LogP contribution in [0.3, 0.4) is 0 Å². The molecule has 3 aromatic heterocycles. The van der Waals surface area contributed by atoms with Crippen molar-refractivity contribution >= 4 is 22.9 Å². The van der Waals surface area contributed by atoms with Crippen molar-refractivity contribution in [2.24, 2.45) is 0 Å². The fourth-order valence-corrected chi connectivity index (χ4v) is 5.48. The van der Waals surface area contributed by atoms with E-state index in [0.29, 0.717) is 39.1 Å². The van der Waals surface area contributed by atoms with Crippen molar-refractivity contribution in [2.45, 2.75) is 38.4 Å². The van der Waals surface area contributed by atoms with Crippen LogP contribution in [0.5, 0.6) is 0 Å². The van der Waals surface area contributed by atoms with Crippen LogP contribution in [-0.4, -0.2) is 86.1 Å². The molecule has 0 bridgehead atoms. The second-order valence-corrected chi connectivity index (χ2v) is 10.6. The van der Waals surface area contributed by atoms with Crippen LogP contribution in [0.2, 0.25) is 0 Å². The summed E-state index contributed by atoms with van der Waals surface area (Å²) in [6, 6.07) is 12.0. The molecule has 41 heavy (non-hydrogen) atoms. The molecule has 0 atom stereocenters. The molecule has 4 aromatic rings. The number of aromatic nitrogens is 5. The Morgan fingerprint density at radius 1 is 0.902 bits per heavy atom. The Morgan fingerprint density at radius 2 is 1.68 bits per heavy atom. The Labute approximate surface area is 235 Å². The summed E-state index contributed by atoms with van der Waals surface area (Å²) in [5, 5.41) is 0. The summed E-state index contributed by atoms with van der Waals surface area (Å²) in [6.07, 6.45) is 0.571. The Balaban J connectivity index is 1.09. The van der Waals surface area contributed by atoms with Gasteiger partial charge in [-0.05, 0) is 48.7 Å². The number of hydrogen-bond acceptors (Lipinski definition) is 7. The molecule has 0 saturated carbocycles. The van der Waals surface area contributed by atoms with Crippen LogP contribution in [0.1, 0.15) is 36.3 Å². The van der Waals surface area contributed by atoms with E-state index in [1.807, 2.05) is 36.5 Å².